The summed E-state index contributed by atoms with van der Waals surface area (Å²) in [6.07, 6.45) is -5.60. The fourth-order valence-corrected chi connectivity index (χ4v) is 2.54. The van der Waals surface area contributed by atoms with Gasteiger partial charge in [-0.3, -0.25) is 4.79 Å². The number of hydrogen-bond donors (Lipinski definition) is 3. The van der Waals surface area contributed by atoms with Gasteiger partial charge in [0.15, 0.2) is 0 Å². The van der Waals surface area contributed by atoms with Crippen LogP contribution >= 0.6 is 0 Å². The summed E-state index contributed by atoms with van der Waals surface area (Å²) in [4.78, 5) is 21.9. The number of hydrogen-bond acceptors (Lipinski definition) is 8. The first-order valence-corrected chi connectivity index (χ1v) is 8.36. The summed E-state index contributed by atoms with van der Waals surface area (Å²) in [5.74, 6) is -0.0640. The molecule has 1 heterocycles. The lowest BCUT2D eigenvalue weighted by atomic mass is 9.99. The predicted molar refractivity (Wildman–Crippen MR) is 89.4 cm³/mol. The largest absolute Gasteiger partial charge is 0.463 e. The van der Waals surface area contributed by atoms with Crippen LogP contribution in [0.3, 0.4) is 0 Å². The molecule has 1 aromatic rings. The SMILES string of the molecule is CC(=O)CCc1ccc(OC2OC(COC(C)=O)C(O)C(O)C2O)cc1. The van der Waals surface area contributed by atoms with Crippen molar-refractivity contribution in [3.8, 4) is 5.75 Å². The van der Waals surface area contributed by atoms with E-state index in [9.17, 15) is 24.9 Å². The summed E-state index contributed by atoms with van der Waals surface area (Å²) in [5.41, 5.74) is 0.959. The maximum atomic E-state index is 11.0. The van der Waals surface area contributed by atoms with E-state index in [-0.39, 0.29) is 12.4 Å². The second-order valence-electron chi connectivity index (χ2n) is 6.28. The number of rotatable bonds is 7. The van der Waals surface area contributed by atoms with Crippen molar-refractivity contribution in [2.24, 2.45) is 0 Å². The Kier molecular flexibility index (Phi) is 7.10. The van der Waals surface area contributed by atoms with Crippen molar-refractivity contribution in [3.05, 3.63) is 29.8 Å². The standard InChI is InChI=1S/C18H24O8/c1-10(19)3-4-12-5-7-13(8-6-12)25-18-17(23)16(22)15(21)14(26-18)9-24-11(2)20/h5-8,14-18,21-23H,3-4,9H2,1-2H3. The zero-order chi connectivity index (χ0) is 19.3. The van der Waals surface area contributed by atoms with Crippen molar-refractivity contribution in [1.82, 2.24) is 0 Å². The topological polar surface area (TPSA) is 123 Å². The molecule has 1 aromatic carbocycles. The van der Waals surface area contributed by atoms with E-state index in [0.29, 0.717) is 18.6 Å². The van der Waals surface area contributed by atoms with Crippen molar-refractivity contribution in [2.75, 3.05) is 6.61 Å². The van der Waals surface area contributed by atoms with Crippen LogP contribution in [0.25, 0.3) is 0 Å². The third kappa shape index (κ3) is 5.50. The zero-order valence-corrected chi connectivity index (χ0v) is 14.7. The third-order valence-electron chi connectivity index (χ3n) is 4.06. The Morgan fingerprint density at radius 2 is 1.69 bits per heavy atom. The van der Waals surface area contributed by atoms with Crippen LogP contribution in [0, 0.1) is 0 Å². The number of esters is 1. The molecule has 3 N–H and O–H groups in total. The van der Waals surface area contributed by atoms with Crippen molar-refractivity contribution in [1.29, 1.82) is 0 Å². The normalized spacial score (nSPS) is 28.4. The number of carbonyl (C=O) groups is 2. The van der Waals surface area contributed by atoms with E-state index in [1.807, 2.05) is 0 Å². The molecule has 8 nitrogen and oxygen atoms in total. The second-order valence-corrected chi connectivity index (χ2v) is 6.28. The van der Waals surface area contributed by atoms with Crippen molar-refractivity contribution in [3.63, 3.8) is 0 Å². The van der Waals surface area contributed by atoms with Gasteiger partial charge in [-0.15, -0.1) is 0 Å². The molecule has 1 aliphatic heterocycles. The van der Waals surface area contributed by atoms with Gasteiger partial charge in [-0.2, -0.15) is 0 Å². The van der Waals surface area contributed by atoms with Gasteiger partial charge < -0.3 is 34.3 Å². The van der Waals surface area contributed by atoms with Crippen molar-refractivity contribution < 1.29 is 39.1 Å². The number of Topliss-reactive ketones (excluding diaryl/α,β-unsaturated/α-hetero) is 1. The van der Waals surface area contributed by atoms with Crippen LogP contribution in [0.15, 0.2) is 24.3 Å². The lowest BCUT2D eigenvalue weighted by Crippen LogP contribution is -2.60. The highest BCUT2D eigenvalue weighted by atomic mass is 16.7. The molecule has 1 fully saturated rings. The quantitative estimate of drug-likeness (QED) is 0.573. The minimum atomic E-state index is -1.51. The average molecular weight is 368 g/mol. The summed E-state index contributed by atoms with van der Waals surface area (Å²) in [6, 6.07) is 6.89. The lowest BCUT2D eigenvalue weighted by Gasteiger charge is -2.39. The Balaban J connectivity index is 1.99. The van der Waals surface area contributed by atoms with Gasteiger partial charge in [0.25, 0.3) is 0 Å². The van der Waals surface area contributed by atoms with Crippen LogP contribution in [0.5, 0.6) is 5.75 Å². The summed E-state index contributed by atoms with van der Waals surface area (Å²) in [5, 5.41) is 30.0. The number of carbonyl (C=O) groups excluding carboxylic acids is 2. The summed E-state index contributed by atoms with van der Waals surface area (Å²) < 4.78 is 15.8. The van der Waals surface area contributed by atoms with E-state index >= 15 is 0 Å². The van der Waals surface area contributed by atoms with Gasteiger partial charge in [0, 0.05) is 13.3 Å². The molecule has 0 bridgehead atoms. The maximum Gasteiger partial charge on any atom is 0.302 e. The molecule has 0 aliphatic carbocycles. The molecule has 5 atom stereocenters. The van der Waals surface area contributed by atoms with Gasteiger partial charge in [0.1, 0.15) is 42.6 Å². The Bertz CT molecular complexity index is 614. The highest BCUT2D eigenvalue weighted by molar-refractivity contribution is 5.75. The molecule has 1 saturated heterocycles. The van der Waals surface area contributed by atoms with Crippen molar-refractivity contribution in [2.45, 2.75) is 57.4 Å². The molecule has 8 heteroatoms. The first-order chi connectivity index (χ1) is 12.3. The Labute approximate surface area is 151 Å². The minimum absolute atomic E-state index is 0.107. The van der Waals surface area contributed by atoms with E-state index in [1.165, 1.54) is 13.8 Å². The van der Waals surface area contributed by atoms with Crippen LogP contribution in [0.1, 0.15) is 25.8 Å². The van der Waals surface area contributed by atoms with E-state index in [0.717, 1.165) is 5.56 Å². The van der Waals surface area contributed by atoms with Crippen LogP contribution in [0.2, 0.25) is 0 Å². The molecule has 0 radical (unpaired) electrons. The zero-order valence-electron chi connectivity index (χ0n) is 14.7. The molecule has 5 unspecified atom stereocenters. The molecule has 0 aromatic heterocycles. The molecular formula is C18H24O8. The van der Waals surface area contributed by atoms with Gasteiger partial charge in [0.2, 0.25) is 6.29 Å². The number of aliphatic hydroxyl groups excluding tert-OH is 3. The highest BCUT2D eigenvalue weighted by Gasteiger charge is 2.45. The monoisotopic (exact) mass is 368 g/mol. The average Bonchev–Trinajstić information content (AvgIpc) is 2.60. The molecular weight excluding hydrogens is 344 g/mol. The second kappa shape index (κ2) is 9.09. The fraction of sp³-hybridized carbons (Fsp3) is 0.556. The van der Waals surface area contributed by atoms with E-state index in [1.54, 1.807) is 24.3 Å². The van der Waals surface area contributed by atoms with Gasteiger partial charge >= 0.3 is 5.97 Å². The minimum Gasteiger partial charge on any atom is -0.463 e. The Morgan fingerprint density at radius 1 is 1.04 bits per heavy atom. The Hall–Kier alpha value is -2.00. The maximum absolute atomic E-state index is 11.0. The summed E-state index contributed by atoms with van der Waals surface area (Å²) in [7, 11) is 0. The van der Waals surface area contributed by atoms with Gasteiger partial charge in [-0.1, -0.05) is 12.1 Å². The molecule has 0 spiro atoms. The predicted octanol–water partition coefficient (Wildman–Crippen LogP) is -0.0423. The van der Waals surface area contributed by atoms with Gasteiger partial charge in [-0.05, 0) is 31.0 Å². The van der Waals surface area contributed by atoms with E-state index in [4.69, 9.17) is 14.2 Å². The molecule has 26 heavy (non-hydrogen) atoms. The summed E-state index contributed by atoms with van der Waals surface area (Å²) >= 11 is 0. The number of ketones is 1. The van der Waals surface area contributed by atoms with E-state index in [2.05, 4.69) is 0 Å². The third-order valence-corrected chi connectivity index (χ3v) is 4.06. The van der Waals surface area contributed by atoms with Crippen LogP contribution < -0.4 is 4.74 Å². The first-order valence-electron chi connectivity index (χ1n) is 8.36. The lowest BCUT2D eigenvalue weighted by molar-refractivity contribution is -0.278. The molecule has 2 rings (SSSR count). The molecule has 0 saturated carbocycles. The summed E-state index contributed by atoms with van der Waals surface area (Å²) in [6.45, 7) is 2.47. The van der Waals surface area contributed by atoms with Gasteiger partial charge in [-0.25, -0.2) is 0 Å². The van der Waals surface area contributed by atoms with Gasteiger partial charge in [0.05, 0.1) is 0 Å². The molecule has 1 aliphatic rings. The van der Waals surface area contributed by atoms with E-state index < -0.39 is 36.7 Å². The van der Waals surface area contributed by atoms with Crippen molar-refractivity contribution >= 4 is 11.8 Å². The van der Waals surface area contributed by atoms with Crippen LogP contribution in [-0.4, -0.2) is 64.4 Å². The Morgan fingerprint density at radius 3 is 2.27 bits per heavy atom. The fourth-order valence-electron chi connectivity index (χ4n) is 2.54. The smallest absolute Gasteiger partial charge is 0.302 e. The number of ether oxygens (including phenoxy) is 3. The van der Waals surface area contributed by atoms with Crippen LogP contribution in [0.4, 0.5) is 0 Å². The molecule has 144 valence electrons. The molecule has 0 amide bonds. The number of aryl methyl sites for hydroxylation is 1. The van der Waals surface area contributed by atoms with Crippen LogP contribution in [-0.2, 0) is 25.5 Å². The number of benzene rings is 1. The highest BCUT2D eigenvalue weighted by Crippen LogP contribution is 2.25. The first kappa shape index (κ1) is 20.3. The number of aliphatic hydroxyl groups is 3.